The molecule has 0 spiro atoms. The molecule has 20 heavy (non-hydrogen) atoms. The maximum absolute atomic E-state index is 5.25. The molecule has 0 amide bonds. The molecule has 2 aromatic carbocycles. The number of aromatic amines is 1. The summed E-state index contributed by atoms with van der Waals surface area (Å²) >= 11 is 5.25. The highest BCUT2D eigenvalue weighted by Gasteiger charge is 2.04. The first kappa shape index (κ1) is 12.8. The van der Waals surface area contributed by atoms with Crippen LogP contribution >= 0.6 is 12.2 Å². The molecule has 0 aliphatic carbocycles. The molecule has 0 aliphatic rings. The maximum Gasteiger partial charge on any atom is 0.197 e. The quantitative estimate of drug-likeness (QED) is 0.683. The SMILES string of the molecule is Cc1cccc(-c2cc(-c3ccccc3)[nH]c(=S)n2)c1. The molecular formula is C17H14N2S. The largest absolute Gasteiger partial charge is 0.330 e. The molecule has 0 saturated heterocycles. The minimum Gasteiger partial charge on any atom is -0.330 e. The first-order valence-corrected chi connectivity index (χ1v) is 6.87. The predicted octanol–water partition coefficient (Wildman–Crippen LogP) is 4.78. The Morgan fingerprint density at radius 3 is 2.40 bits per heavy atom. The monoisotopic (exact) mass is 278 g/mol. The van der Waals surface area contributed by atoms with Crippen molar-refractivity contribution in [3.63, 3.8) is 0 Å². The van der Waals surface area contributed by atoms with Crippen LogP contribution in [-0.2, 0) is 0 Å². The average molecular weight is 278 g/mol. The minimum absolute atomic E-state index is 0.503. The molecule has 0 bridgehead atoms. The summed E-state index contributed by atoms with van der Waals surface area (Å²) in [6.07, 6.45) is 0. The molecule has 1 aromatic heterocycles. The number of hydrogen-bond acceptors (Lipinski definition) is 2. The van der Waals surface area contributed by atoms with Gasteiger partial charge in [-0.2, -0.15) is 0 Å². The third-order valence-corrected chi connectivity index (χ3v) is 3.34. The summed E-state index contributed by atoms with van der Waals surface area (Å²) in [7, 11) is 0. The van der Waals surface area contributed by atoms with Crippen molar-refractivity contribution in [3.8, 4) is 22.5 Å². The van der Waals surface area contributed by atoms with Gasteiger partial charge in [-0.25, -0.2) is 4.98 Å². The number of aryl methyl sites for hydroxylation is 1. The second kappa shape index (κ2) is 5.39. The van der Waals surface area contributed by atoms with Crippen molar-refractivity contribution in [1.29, 1.82) is 0 Å². The summed E-state index contributed by atoms with van der Waals surface area (Å²) in [5, 5.41) is 0. The number of benzene rings is 2. The van der Waals surface area contributed by atoms with Gasteiger partial charge < -0.3 is 4.98 Å². The van der Waals surface area contributed by atoms with Crippen LogP contribution in [0.25, 0.3) is 22.5 Å². The zero-order valence-corrected chi connectivity index (χ0v) is 11.9. The van der Waals surface area contributed by atoms with E-state index in [1.807, 2.05) is 30.3 Å². The van der Waals surface area contributed by atoms with E-state index >= 15 is 0 Å². The zero-order chi connectivity index (χ0) is 13.9. The Hall–Kier alpha value is -2.26. The van der Waals surface area contributed by atoms with E-state index in [0.717, 1.165) is 22.5 Å². The van der Waals surface area contributed by atoms with Crippen molar-refractivity contribution < 1.29 is 0 Å². The van der Waals surface area contributed by atoms with E-state index in [0.29, 0.717) is 4.77 Å². The summed E-state index contributed by atoms with van der Waals surface area (Å²) in [6.45, 7) is 2.07. The van der Waals surface area contributed by atoms with Crippen molar-refractivity contribution in [2.24, 2.45) is 0 Å². The van der Waals surface area contributed by atoms with Gasteiger partial charge in [0, 0.05) is 11.3 Å². The van der Waals surface area contributed by atoms with Crippen LogP contribution in [0, 0.1) is 11.7 Å². The number of hydrogen-bond donors (Lipinski definition) is 1. The second-order valence-electron chi connectivity index (χ2n) is 4.72. The van der Waals surface area contributed by atoms with Gasteiger partial charge in [-0.1, -0.05) is 54.1 Å². The fraction of sp³-hybridized carbons (Fsp3) is 0.0588. The highest BCUT2D eigenvalue weighted by Crippen LogP contribution is 2.23. The fourth-order valence-electron chi connectivity index (χ4n) is 2.18. The lowest BCUT2D eigenvalue weighted by Gasteiger charge is -2.06. The Balaban J connectivity index is 2.15. The lowest BCUT2D eigenvalue weighted by atomic mass is 10.1. The molecule has 0 unspecified atom stereocenters. The molecule has 3 heteroatoms. The zero-order valence-electron chi connectivity index (χ0n) is 11.1. The number of aromatic nitrogens is 2. The summed E-state index contributed by atoms with van der Waals surface area (Å²) < 4.78 is 0.503. The normalized spacial score (nSPS) is 10.4. The van der Waals surface area contributed by atoms with Gasteiger partial charge in [0.1, 0.15) is 0 Å². The molecule has 0 fully saturated rings. The Labute approximate surface area is 123 Å². The highest BCUT2D eigenvalue weighted by molar-refractivity contribution is 7.71. The first-order valence-electron chi connectivity index (χ1n) is 6.46. The van der Waals surface area contributed by atoms with E-state index in [9.17, 15) is 0 Å². The number of H-pyrrole nitrogens is 1. The Morgan fingerprint density at radius 2 is 1.65 bits per heavy atom. The molecule has 1 heterocycles. The standard InChI is InChI=1S/C17H14N2S/c1-12-6-5-9-14(10-12)16-11-15(18-17(20)19-16)13-7-3-2-4-8-13/h2-11H,1H3,(H,18,19,20). The van der Waals surface area contributed by atoms with Crippen LogP contribution in [0.2, 0.25) is 0 Å². The fourth-order valence-corrected chi connectivity index (χ4v) is 2.39. The van der Waals surface area contributed by atoms with E-state index in [2.05, 4.69) is 47.2 Å². The van der Waals surface area contributed by atoms with Crippen molar-refractivity contribution in [3.05, 3.63) is 71.0 Å². The number of nitrogens with zero attached hydrogens (tertiary/aromatic N) is 1. The van der Waals surface area contributed by atoms with E-state index in [1.165, 1.54) is 5.56 Å². The van der Waals surface area contributed by atoms with Gasteiger partial charge in [-0.05, 0) is 36.8 Å². The summed E-state index contributed by atoms with van der Waals surface area (Å²) in [6, 6.07) is 20.5. The third-order valence-electron chi connectivity index (χ3n) is 3.14. The molecular weight excluding hydrogens is 264 g/mol. The van der Waals surface area contributed by atoms with E-state index < -0.39 is 0 Å². The number of nitrogens with one attached hydrogen (secondary N) is 1. The average Bonchev–Trinajstić information content (AvgIpc) is 2.47. The second-order valence-corrected chi connectivity index (χ2v) is 5.11. The van der Waals surface area contributed by atoms with Crippen LogP contribution in [0.15, 0.2) is 60.7 Å². The van der Waals surface area contributed by atoms with Crippen molar-refractivity contribution in [2.75, 3.05) is 0 Å². The van der Waals surface area contributed by atoms with Gasteiger partial charge in [0.2, 0.25) is 0 Å². The molecule has 2 nitrogen and oxygen atoms in total. The van der Waals surface area contributed by atoms with Crippen LogP contribution < -0.4 is 0 Å². The van der Waals surface area contributed by atoms with Gasteiger partial charge in [-0.15, -0.1) is 0 Å². The molecule has 0 aliphatic heterocycles. The topological polar surface area (TPSA) is 28.7 Å². The smallest absolute Gasteiger partial charge is 0.197 e. The van der Waals surface area contributed by atoms with Gasteiger partial charge in [0.25, 0.3) is 0 Å². The molecule has 3 aromatic rings. The first-order chi connectivity index (χ1) is 9.72. The molecule has 0 radical (unpaired) electrons. The van der Waals surface area contributed by atoms with Crippen LogP contribution in [0.5, 0.6) is 0 Å². The Bertz CT molecular complexity index is 791. The van der Waals surface area contributed by atoms with Crippen molar-refractivity contribution in [1.82, 2.24) is 9.97 Å². The molecule has 0 atom stereocenters. The van der Waals surface area contributed by atoms with Crippen molar-refractivity contribution >= 4 is 12.2 Å². The van der Waals surface area contributed by atoms with Crippen LogP contribution in [0.3, 0.4) is 0 Å². The highest BCUT2D eigenvalue weighted by atomic mass is 32.1. The molecule has 1 N–H and O–H groups in total. The van der Waals surface area contributed by atoms with Crippen LogP contribution in [0.4, 0.5) is 0 Å². The molecule has 3 rings (SSSR count). The van der Waals surface area contributed by atoms with E-state index in [-0.39, 0.29) is 0 Å². The Morgan fingerprint density at radius 1 is 0.900 bits per heavy atom. The predicted molar refractivity (Wildman–Crippen MR) is 85.0 cm³/mol. The van der Waals surface area contributed by atoms with Gasteiger partial charge in [0.05, 0.1) is 5.69 Å². The molecule has 98 valence electrons. The van der Waals surface area contributed by atoms with Gasteiger partial charge >= 0.3 is 0 Å². The lowest BCUT2D eigenvalue weighted by molar-refractivity contribution is 1.14. The van der Waals surface area contributed by atoms with Crippen LogP contribution in [-0.4, -0.2) is 9.97 Å². The summed E-state index contributed by atoms with van der Waals surface area (Å²) in [4.78, 5) is 7.58. The van der Waals surface area contributed by atoms with Gasteiger partial charge in [0.15, 0.2) is 4.77 Å². The number of rotatable bonds is 2. The maximum atomic E-state index is 5.25. The van der Waals surface area contributed by atoms with E-state index in [4.69, 9.17) is 12.2 Å². The summed E-state index contributed by atoms with van der Waals surface area (Å²) in [5.41, 5.74) is 5.29. The lowest BCUT2D eigenvalue weighted by Crippen LogP contribution is -1.91. The van der Waals surface area contributed by atoms with Crippen LogP contribution in [0.1, 0.15) is 5.56 Å². The van der Waals surface area contributed by atoms with Gasteiger partial charge in [-0.3, -0.25) is 0 Å². The minimum atomic E-state index is 0.503. The third kappa shape index (κ3) is 2.68. The molecule has 0 saturated carbocycles. The van der Waals surface area contributed by atoms with E-state index in [1.54, 1.807) is 0 Å². The summed E-state index contributed by atoms with van der Waals surface area (Å²) in [5.74, 6) is 0. The Kier molecular flexibility index (Phi) is 3.44. The van der Waals surface area contributed by atoms with Crippen molar-refractivity contribution in [2.45, 2.75) is 6.92 Å².